The first-order valence-corrected chi connectivity index (χ1v) is 8.94. The summed E-state index contributed by atoms with van der Waals surface area (Å²) in [7, 11) is 0. The summed E-state index contributed by atoms with van der Waals surface area (Å²) in [6.07, 6.45) is 7.15. The smallest absolute Gasteiger partial charge is 0.254 e. The van der Waals surface area contributed by atoms with E-state index in [1.165, 1.54) is 38.6 Å². The lowest BCUT2D eigenvalue weighted by Gasteiger charge is -2.39. The van der Waals surface area contributed by atoms with Gasteiger partial charge in [0.15, 0.2) is 0 Å². The van der Waals surface area contributed by atoms with Gasteiger partial charge >= 0.3 is 0 Å². The molecule has 23 heavy (non-hydrogen) atoms. The average molecular weight is 314 g/mol. The number of carbonyl (C=O) groups is 1. The molecule has 4 rings (SSSR count). The van der Waals surface area contributed by atoms with Gasteiger partial charge in [-0.2, -0.15) is 0 Å². The van der Waals surface area contributed by atoms with Gasteiger partial charge in [-0.3, -0.25) is 9.69 Å². The Kier molecular flexibility index (Phi) is 3.80. The highest BCUT2D eigenvalue weighted by Crippen LogP contribution is 2.54. The number of rotatable bonds is 3. The van der Waals surface area contributed by atoms with E-state index in [1.807, 2.05) is 4.90 Å². The molecule has 0 atom stereocenters. The molecule has 3 fully saturated rings. The van der Waals surface area contributed by atoms with Crippen molar-refractivity contribution in [3.8, 4) is 5.75 Å². The molecule has 0 radical (unpaired) electrons. The Balaban J connectivity index is 1.33. The highest BCUT2D eigenvalue weighted by atomic mass is 16.3. The van der Waals surface area contributed by atoms with Crippen LogP contribution in [-0.4, -0.2) is 53.5 Å². The Hall–Kier alpha value is -1.55. The summed E-state index contributed by atoms with van der Waals surface area (Å²) in [6, 6.07) is 6.68. The maximum atomic E-state index is 12.5. The molecule has 3 aliphatic rings. The van der Waals surface area contributed by atoms with E-state index in [1.54, 1.807) is 24.3 Å². The summed E-state index contributed by atoms with van der Waals surface area (Å²) >= 11 is 0. The molecule has 1 aromatic rings. The molecule has 1 amide bonds. The second kappa shape index (κ2) is 5.82. The number of phenolic OH excluding ortho intramolecular Hbond substituents is 1. The van der Waals surface area contributed by atoms with Crippen LogP contribution in [0, 0.1) is 11.3 Å². The van der Waals surface area contributed by atoms with Crippen LogP contribution in [0.2, 0.25) is 0 Å². The van der Waals surface area contributed by atoms with Gasteiger partial charge in [-0.1, -0.05) is 6.07 Å². The van der Waals surface area contributed by atoms with E-state index in [0.717, 1.165) is 32.1 Å². The van der Waals surface area contributed by atoms with Crippen molar-refractivity contribution < 1.29 is 9.90 Å². The fourth-order valence-corrected chi connectivity index (χ4v) is 4.94. The summed E-state index contributed by atoms with van der Waals surface area (Å²) in [6.45, 7) is 4.80. The number of benzene rings is 1. The summed E-state index contributed by atoms with van der Waals surface area (Å²) in [4.78, 5) is 17.0. The van der Waals surface area contributed by atoms with E-state index in [2.05, 4.69) is 4.90 Å². The Labute approximate surface area is 138 Å². The second-order valence-corrected chi connectivity index (χ2v) is 7.77. The molecular weight excluding hydrogens is 288 g/mol. The summed E-state index contributed by atoms with van der Waals surface area (Å²) in [5.74, 6) is 1.20. The number of nitrogens with zero attached hydrogens (tertiary/aromatic N) is 2. The number of hydrogen-bond acceptors (Lipinski definition) is 3. The molecule has 1 N–H and O–H groups in total. The fraction of sp³-hybridized carbons (Fsp3) is 0.632. The number of piperazine rings is 1. The van der Waals surface area contributed by atoms with Gasteiger partial charge in [0.25, 0.3) is 5.91 Å². The lowest BCUT2D eigenvalue weighted by Crippen LogP contribution is -2.51. The molecule has 2 saturated carbocycles. The second-order valence-electron chi connectivity index (χ2n) is 7.77. The van der Waals surface area contributed by atoms with E-state index in [-0.39, 0.29) is 11.7 Å². The molecule has 1 aliphatic heterocycles. The highest BCUT2D eigenvalue weighted by molar-refractivity contribution is 5.94. The minimum Gasteiger partial charge on any atom is -0.508 e. The van der Waals surface area contributed by atoms with Crippen molar-refractivity contribution in [1.82, 2.24) is 9.80 Å². The first kappa shape index (κ1) is 15.0. The quantitative estimate of drug-likeness (QED) is 0.933. The number of hydrogen-bond donors (Lipinski definition) is 1. The Morgan fingerprint density at radius 2 is 1.91 bits per heavy atom. The molecular formula is C19H26N2O2. The van der Waals surface area contributed by atoms with E-state index in [4.69, 9.17) is 0 Å². The maximum Gasteiger partial charge on any atom is 0.254 e. The third kappa shape index (κ3) is 2.97. The molecule has 1 heterocycles. The van der Waals surface area contributed by atoms with Crippen LogP contribution >= 0.6 is 0 Å². The molecule has 2 aliphatic carbocycles. The number of carbonyl (C=O) groups excluding carboxylic acids is 1. The summed E-state index contributed by atoms with van der Waals surface area (Å²) in [5.41, 5.74) is 1.19. The van der Waals surface area contributed by atoms with Gasteiger partial charge in [-0.05, 0) is 61.6 Å². The highest BCUT2D eigenvalue weighted by Gasteiger charge is 2.45. The lowest BCUT2D eigenvalue weighted by atomic mass is 9.83. The zero-order chi connectivity index (χ0) is 15.9. The first-order valence-electron chi connectivity index (χ1n) is 8.94. The molecule has 1 aromatic carbocycles. The van der Waals surface area contributed by atoms with Crippen molar-refractivity contribution in [3.63, 3.8) is 0 Å². The molecule has 124 valence electrons. The predicted octanol–water partition coefficient (Wildman–Crippen LogP) is 2.73. The largest absolute Gasteiger partial charge is 0.508 e. The predicted molar refractivity (Wildman–Crippen MR) is 89.5 cm³/mol. The molecule has 4 heteroatoms. The van der Waals surface area contributed by atoms with E-state index >= 15 is 0 Å². The van der Waals surface area contributed by atoms with E-state index < -0.39 is 0 Å². The van der Waals surface area contributed by atoms with Crippen molar-refractivity contribution in [2.45, 2.75) is 32.1 Å². The normalized spacial score (nSPS) is 30.8. The van der Waals surface area contributed by atoms with Crippen molar-refractivity contribution in [2.75, 3.05) is 32.7 Å². The van der Waals surface area contributed by atoms with Crippen LogP contribution in [0.5, 0.6) is 5.75 Å². The van der Waals surface area contributed by atoms with Gasteiger partial charge in [0, 0.05) is 38.3 Å². The van der Waals surface area contributed by atoms with Crippen LogP contribution in [0.15, 0.2) is 24.3 Å². The van der Waals surface area contributed by atoms with Gasteiger partial charge < -0.3 is 10.0 Å². The molecule has 0 unspecified atom stereocenters. The Bertz CT molecular complexity index is 585. The fourth-order valence-electron chi connectivity index (χ4n) is 4.94. The van der Waals surface area contributed by atoms with Crippen molar-refractivity contribution in [2.24, 2.45) is 11.3 Å². The van der Waals surface area contributed by atoms with Gasteiger partial charge in [0.1, 0.15) is 5.75 Å². The maximum absolute atomic E-state index is 12.5. The van der Waals surface area contributed by atoms with Crippen molar-refractivity contribution in [3.05, 3.63) is 29.8 Å². The Morgan fingerprint density at radius 1 is 1.17 bits per heavy atom. The number of phenols is 1. The Morgan fingerprint density at radius 3 is 2.52 bits per heavy atom. The standard InChI is InChI=1S/C19H26N2O2/c22-17-3-1-2-16(12-17)18(23)21-10-8-20(9-11-21)14-19-6-4-15(13-19)5-7-19/h1-3,12,15,22H,4-11,13-14H2. The monoisotopic (exact) mass is 314 g/mol. The minimum atomic E-state index is 0.0421. The van der Waals surface area contributed by atoms with E-state index in [0.29, 0.717) is 11.0 Å². The number of fused-ring (bicyclic) bond motifs is 2. The molecule has 4 nitrogen and oxygen atoms in total. The number of amides is 1. The summed E-state index contributed by atoms with van der Waals surface area (Å²) in [5, 5.41) is 9.54. The molecule has 2 bridgehead atoms. The third-order valence-corrected chi connectivity index (χ3v) is 6.20. The van der Waals surface area contributed by atoms with Crippen molar-refractivity contribution >= 4 is 5.91 Å². The molecule has 0 aromatic heterocycles. The molecule has 0 spiro atoms. The van der Waals surface area contributed by atoms with Crippen LogP contribution in [0.1, 0.15) is 42.5 Å². The van der Waals surface area contributed by atoms with E-state index in [9.17, 15) is 9.90 Å². The van der Waals surface area contributed by atoms with Crippen molar-refractivity contribution in [1.29, 1.82) is 0 Å². The van der Waals surface area contributed by atoms with Gasteiger partial charge in [-0.15, -0.1) is 0 Å². The average Bonchev–Trinajstić information content (AvgIpc) is 3.15. The van der Waals surface area contributed by atoms with Crippen LogP contribution in [0.3, 0.4) is 0 Å². The summed E-state index contributed by atoms with van der Waals surface area (Å²) < 4.78 is 0. The van der Waals surface area contributed by atoms with Crippen LogP contribution in [0.25, 0.3) is 0 Å². The lowest BCUT2D eigenvalue weighted by molar-refractivity contribution is 0.0558. The minimum absolute atomic E-state index is 0.0421. The van der Waals surface area contributed by atoms with Crippen LogP contribution in [-0.2, 0) is 0 Å². The third-order valence-electron chi connectivity index (χ3n) is 6.20. The van der Waals surface area contributed by atoms with Gasteiger partial charge in [0.2, 0.25) is 0 Å². The zero-order valence-corrected chi connectivity index (χ0v) is 13.7. The first-order chi connectivity index (χ1) is 11.1. The zero-order valence-electron chi connectivity index (χ0n) is 13.7. The van der Waals surface area contributed by atoms with Gasteiger partial charge in [-0.25, -0.2) is 0 Å². The molecule has 1 saturated heterocycles. The van der Waals surface area contributed by atoms with Gasteiger partial charge in [0.05, 0.1) is 0 Å². The SMILES string of the molecule is O=C(c1cccc(O)c1)N1CCN(CC23CCC(CC2)C3)CC1. The van der Waals surface area contributed by atoms with Crippen LogP contribution in [0.4, 0.5) is 0 Å². The van der Waals surface area contributed by atoms with Crippen LogP contribution < -0.4 is 0 Å². The topological polar surface area (TPSA) is 43.8 Å². The number of aromatic hydroxyl groups is 1.